The summed E-state index contributed by atoms with van der Waals surface area (Å²) < 4.78 is 1.05. The first-order chi connectivity index (χ1) is 9.02. The SMILES string of the molecule is Cc1cc(Br)ccc1SCC(=O)NCC(C)CCO. The molecule has 0 fully saturated rings. The molecule has 1 aromatic carbocycles. The Morgan fingerprint density at radius 2 is 2.26 bits per heavy atom. The Bertz CT molecular complexity index is 426. The summed E-state index contributed by atoms with van der Waals surface area (Å²) in [6, 6.07) is 6.05. The van der Waals surface area contributed by atoms with Crippen molar-refractivity contribution in [2.75, 3.05) is 18.9 Å². The number of benzene rings is 1. The van der Waals surface area contributed by atoms with Gasteiger partial charge in [0.25, 0.3) is 0 Å². The Hall–Kier alpha value is -0.520. The quantitative estimate of drug-likeness (QED) is 0.747. The molecule has 0 aromatic heterocycles. The molecule has 1 atom stereocenters. The van der Waals surface area contributed by atoms with Gasteiger partial charge in [0.2, 0.25) is 5.91 Å². The van der Waals surface area contributed by atoms with E-state index in [0.29, 0.717) is 18.2 Å². The van der Waals surface area contributed by atoms with Crippen molar-refractivity contribution in [1.82, 2.24) is 5.32 Å². The number of hydrogen-bond donors (Lipinski definition) is 2. The molecule has 5 heteroatoms. The summed E-state index contributed by atoms with van der Waals surface area (Å²) in [5.74, 6) is 0.777. The van der Waals surface area contributed by atoms with Gasteiger partial charge in [-0.2, -0.15) is 0 Å². The number of hydrogen-bond acceptors (Lipinski definition) is 3. The number of halogens is 1. The van der Waals surface area contributed by atoms with Crippen molar-refractivity contribution in [3.05, 3.63) is 28.2 Å². The minimum atomic E-state index is 0.0390. The van der Waals surface area contributed by atoms with Gasteiger partial charge < -0.3 is 10.4 Å². The second kappa shape index (κ2) is 8.61. The van der Waals surface area contributed by atoms with E-state index in [9.17, 15) is 4.79 Å². The van der Waals surface area contributed by atoms with Gasteiger partial charge in [-0.1, -0.05) is 22.9 Å². The van der Waals surface area contributed by atoms with Crippen molar-refractivity contribution in [1.29, 1.82) is 0 Å². The van der Waals surface area contributed by atoms with Gasteiger partial charge in [-0.25, -0.2) is 0 Å². The first-order valence-electron chi connectivity index (χ1n) is 6.29. The molecule has 1 rings (SSSR count). The number of amides is 1. The summed E-state index contributed by atoms with van der Waals surface area (Å²) in [6.07, 6.45) is 0.721. The molecule has 0 bridgehead atoms. The van der Waals surface area contributed by atoms with Crippen LogP contribution in [0, 0.1) is 12.8 Å². The summed E-state index contributed by atoms with van der Waals surface area (Å²) in [5, 5.41) is 11.7. The highest BCUT2D eigenvalue weighted by Gasteiger charge is 2.07. The van der Waals surface area contributed by atoms with Gasteiger partial charge in [-0.15, -0.1) is 11.8 Å². The van der Waals surface area contributed by atoms with Gasteiger partial charge in [0.05, 0.1) is 5.75 Å². The molecule has 0 radical (unpaired) electrons. The van der Waals surface area contributed by atoms with Crippen LogP contribution < -0.4 is 5.32 Å². The molecule has 0 spiro atoms. The van der Waals surface area contributed by atoms with E-state index in [0.717, 1.165) is 15.8 Å². The van der Waals surface area contributed by atoms with Crippen molar-refractivity contribution < 1.29 is 9.90 Å². The fraction of sp³-hybridized carbons (Fsp3) is 0.500. The van der Waals surface area contributed by atoms with Crippen molar-refractivity contribution >= 4 is 33.6 Å². The van der Waals surface area contributed by atoms with E-state index < -0.39 is 0 Å². The first-order valence-corrected chi connectivity index (χ1v) is 8.07. The third-order valence-corrected chi connectivity index (χ3v) is 4.43. The third-order valence-electron chi connectivity index (χ3n) is 2.77. The normalized spacial score (nSPS) is 12.2. The number of aryl methyl sites for hydroxylation is 1. The second-order valence-electron chi connectivity index (χ2n) is 4.62. The average molecular weight is 346 g/mol. The Balaban J connectivity index is 2.33. The van der Waals surface area contributed by atoms with E-state index >= 15 is 0 Å². The molecule has 1 amide bonds. The van der Waals surface area contributed by atoms with Crippen molar-refractivity contribution in [3.8, 4) is 0 Å². The third kappa shape index (κ3) is 6.45. The summed E-state index contributed by atoms with van der Waals surface area (Å²) in [4.78, 5) is 12.8. The van der Waals surface area contributed by atoms with Crippen molar-refractivity contribution in [3.63, 3.8) is 0 Å². The van der Waals surface area contributed by atoms with E-state index in [1.54, 1.807) is 11.8 Å². The summed E-state index contributed by atoms with van der Waals surface area (Å²) >= 11 is 4.97. The highest BCUT2D eigenvalue weighted by Crippen LogP contribution is 2.25. The number of nitrogens with one attached hydrogen (secondary N) is 1. The van der Waals surface area contributed by atoms with Gasteiger partial charge in [-0.05, 0) is 43.0 Å². The number of aliphatic hydroxyl groups is 1. The minimum absolute atomic E-state index is 0.0390. The Kier molecular flexibility index (Phi) is 7.49. The fourth-order valence-corrected chi connectivity index (χ4v) is 2.89. The maximum atomic E-state index is 11.7. The number of thioether (sulfide) groups is 1. The number of carbonyl (C=O) groups is 1. The van der Waals surface area contributed by atoms with Crippen LogP contribution in [0.25, 0.3) is 0 Å². The molecule has 2 N–H and O–H groups in total. The summed E-state index contributed by atoms with van der Waals surface area (Å²) in [5.41, 5.74) is 1.17. The van der Waals surface area contributed by atoms with Gasteiger partial charge in [0.15, 0.2) is 0 Å². The van der Waals surface area contributed by atoms with E-state index in [2.05, 4.69) is 21.2 Å². The highest BCUT2D eigenvalue weighted by molar-refractivity contribution is 9.10. The molecule has 1 aromatic rings. The van der Waals surface area contributed by atoms with Crippen molar-refractivity contribution in [2.45, 2.75) is 25.2 Å². The monoisotopic (exact) mass is 345 g/mol. The molecule has 3 nitrogen and oxygen atoms in total. The Morgan fingerprint density at radius 1 is 1.53 bits per heavy atom. The smallest absolute Gasteiger partial charge is 0.230 e. The molecule has 0 saturated carbocycles. The van der Waals surface area contributed by atoms with Crippen LogP contribution in [0.4, 0.5) is 0 Å². The van der Waals surface area contributed by atoms with Crippen LogP contribution >= 0.6 is 27.7 Å². The topological polar surface area (TPSA) is 49.3 Å². The molecule has 19 heavy (non-hydrogen) atoms. The zero-order valence-electron chi connectivity index (χ0n) is 11.3. The number of rotatable bonds is 7. The fourth-order valence-electron chi connectivity index (χ4n) is 1.58. The zero-order valence-corrected chi connectivity index (χ0v) is 13.7. The molecule has 1 unspecified atom stereocenters. The second-order valence-corrected chi connectivity index (χ2v) is 6.55. The lowest BCUT2D eigenvalue weighted by molar-refractivity contribution is -0.118. The van der Waals surface area contributed by atoms with Crippen molar-refractivity contribution in [2.24, 2.45) is 5.92 Å². The minimum Gasteiger partial charge on any atom is -0.396 e. The maximum absolute atomic E-state index is 11.7. The van der Waals surface area contributed by atoms with Crippen LogP contribution in [0.1, 0.15) is 18.9 Å². The van der Waals surface area contributed by atoms with E-state index in [-0.39, 0.29) is 12.5 Å². The molecule has 0 aliphatic rings. The predicted octanol–water partition coefficient (Wildman–Crippen LogP) is 2.98. The van der Waals surface area contributed by atoms with Crippen LogP contribution in [-0.4, -0.2) is 29.9 Å². The average Bonchev–Trinajstić information content (AvgIpc) is 2.35. The van der Waals surface area contributed by atoms with E-state index in [1.807, 2.05) is 32.0 Å². The van der Waals surface area contributed by atoms with Crippen LogP contribution in [-0.2, 0) is 4.79 Å². The molecular formula is C14H20BrNO2S. The number of carbonyl (C=O) groups excluding carboxylic acids is 1. The summed E-state index contributed by atoms with van der Waals surface area (Å²) in [7, 11) is 0. The molecule has 0 heterocycles. The molecule has 106 valence electrons. The van der Waals surface area contributed by atoms with Gasteiger partial charge in [0, 0.05) is 22.5 Å². The lowest BCUT2D eigenvalue weighted by Gasteiger charge is -2.11. The molecule has 0 saturated heterocycles. The van der Waals surface area contributed by atoms with Gasteiger partial charge in [0.1, 0.15) is 0 Å². The highest BCUT2D eigenvalue weighted by atomic mass is 79.9. The van der Waals surface area contributed by atoms with E-state index in [1.165, 1.54) is 5.56 Å². The van der Waals surface area contributed by atoms with Crippen LogP contribution in [0.3, 0.4) is 0 Å². The van der Waals surface area contributed by atoms with Gasteiger partial charge in [-0.3, -0.25) is 4.79 Å². The molecule has 0 aliphatic carbocycles. The molecular weight excluding hydrogens is 326 g/mol. The largest absolute Gasteiger partial charge is 0.396 e. The van der Waals surface area contributed by atoms with Crippen LogP contribution in [0.2, 0.25) is 0 Å². The van der Waals surface area contributed by atoms with Crippen LogP contribution in [0.15, 0.2) is 27.6 Å². The van der Waals surface area contributed by atoms with Gasteiger partial charge >= 0.3 is 0 Å². The summed E-state index contributed by atoms with van der Waals surface area (Å²) in [6.45, 7) is 4.85. The zero-order chi connectivity index (χ0) is 14.3. The lowest BCUT2D eigenvalue weighted by Crippen LogP contribution is -2.30. The lowest BCUT2D eigenvalue weighted by atomic mass is 10.1. The maximum Gasteiger partial charge on any atom is 0.230 e. The Morgan fingerprint density at radius 3 is 2.89 bits per heavy atom. The first kappa shape index (κ1) is 16.5. The van der Waals surface area contributed by atoms with Crippen LogP contribution in [0.5, 0.6) is 0 Å². The van der Waals surface area contributed by atoms with E-state index in [4.69, 9.17) is 5.11 Å². The Labute approximate surface area is 127 Å². The standard InChI is InChI=1S/C14H20BrNO2S/c1-10(5-6-17)8-16-14(18)9-19-13-4-3-12(15)7-11(13)2/h3-4,7,10,17H,5-6,8-9H2,1-2H3,(H,16,18). The number of aliphatic hydroxyl groups excluding tert-OH is 1. The molecule has 0 aliphatic heterocycles. The predicted molar refractivity (Wildman–Crippen MR) is 83.5 cm³/mol.